The molecule has 1 aromatic heterocycles. The molecule has 0 fully saturated rings. The number of alkyl halides is 3. The molecule has 0 bridgehead atoms. The van der Waals surface area contributed by atoms with Gasteiger partial charge in [0, 0.05) is 39.5 Å². The van der Waals surface area contributed by atoms with E-state index in [2.05, 4.69) is 25.5 Å². The summed E-state index contributed by atoms with van der Waals surface area (Å²) in [5.74, 6) is 0.171. The summed E-state index contributed by atoms with van der Waals surface area (Å²) in [6.45, 7) is 5.97. The molecule has 0 unspecified atom stereocenters. The van der Waals surface area contributed by atoms with Crippen molar-refractivity contribution in [2.24, 2.45) is 4.99 Å². The molecule has 0 saturated heterocycles. The number of guanidine groups is 1. The van der Waals surface area contributed by atoms with Gasteiger partial charge in [-0.25, -0.2) is 4.98 Å². The van der Waals surface area contributed by atoms with E-state index < -0.39 is 17.6 Å². The topological polar surface area (TPSA) is 71.0 Å². The molecule has 1 aromatic rings. The van der Waals surface area contributed by atoms with Crippen molar-refractivity contribution < 1.29 is 22.6 Å². The molecule has 0 spiro atoms. The lowest BCUT2D eigenvalue weighted by Crippen LogP contribution is -2.40. The average Bonchev–Trinajstić information content (AvgIpc) is 2.65. The van der Waals surface area contributed by atoms with Crippen LogP contribution in [0.15, 0.2) is 23.3 Å². The van der Waals surface area contributed by atoms with E-state index in [0.717, 1.165) is 32.2 Å². The highest BCUT2D eigenvalue weighted by atomic mass is 19.4. The molecule has 0 radical (unpaired) electrons. The first-order chi connectivity index (χ1) is 13.4. The van der Waals surface area contributed by atoms with Crippen LogP contribution in [0.4, 0.5) is 13.2 Å². The van der Waals surface area contributed by atoms with E-state index >= 15 is 0 Å². The molecule has 7 nitrogen and oxygen atoms in total. The minimum atomic E-state index is -4.50. The van der Waals surface area contributed by atoms with Crippen LogP contribution in [0.1, 0.15) is 18.9 Å². The second-order valence-corrected chi connectivity index (χ2v) is 6.04. The number of aromatic nitrogens is 1. The van der Waals surface area contributed by atoms with Gasteiger partial charge in [0.25, 0.3) is 0 Å². The van der Waals surface area contributed by atoms with Crippen LogP contribution < -0.4 is 15.4 Å². The van der Waals surface area contributed by atoms with Gasteiger partial charge in [0.15, 0.2) is 5.96 Å². The summed E-state index contributed by atoms with van der Waals surface area (Å²) in [4.78, 5) is 10.3. The van der Waals surface area contributed by atoms with Gasteiger partial charge < -0.3 is 25.0 Å². The smallest absolute Gasteiger partial charge is 0.421 e. The highest BCUT2D eigenvalue weighted by Crippen LogP contribution is 2.34. The first kappa shape index (κ1) is 24.0. The molecule has 0 atom stereocenters. The fourth-order valence-electron chi connectivity index (χ4n) is 2.30. The Kier molecular flexibility index (Phi) is 11.3. The first-order valence-corrected chi connectivity index (χ1v) is 9.23. The molecule has 28 heavy (non-hydrogen) atoms. The molecule has 1 rings (SSSR count). The molecule has 0 saturated carbocycles. The molecule has 0 aromatic carbocycles. The van der Waals surface area contributed by atoms with Gasteiger partial charge >= 0.3 is 6.18 Å². The van der Waals surface area contributed by atoms with Crippen LogP contribution in [0, 0.1) is 0 Å². The number of halogens is 3. The molecule has 160 valence electrons. The van der Waals surface area contributed by atoms with Gasteiger partial charge in [-0.1, -0.05) is 0 Å². The van der Waals surface area contributed by atoms with Crippen molar-refractivity contribution >= 4 is 5.96 Å². The lowest BCUT2D eigenvalue weighted by Gasteiger charge is -2.16. The van der Waals surface area contributed by atoms with E-state index in [1.54, 1.807) is 7.11 Å². The van der Waals surface area contributed by atoms with Crippen LogP contribution in [-0.4, -0.2) is 75.9 Å². The quantitative estimate of drug-likeness (QED) is 0.315. The van der Waals surface area contributed by atoms with Crippen LogP contribution >= 0.6 is 0 Å². The fraction of sp³-hybridized carbons (Fsp3) is 0.667. The normalized spacial score (nSPS) is 12.3. The lowest BCUT2D eigenvalue weighted by atomic mass is 10.2. The number of nitrogens with zero attached hydrogens (tertiary/aromatic N) is 3. The molecule has 1 heterocycles. The maximum Gasteiger partial charge on any atom is 0.421 e. The van der Waals surface area contributed by atoms with E-state index in [9.17, 15) is 13.2 Å². The summed E-state index contributed by atoms with van der Waals surface area (Å²) < 4.78 is 49.0. The third-order valence-corrected chi connectivity index (χ3v) is 3.69. The fourth-order valence-corrected chi connectivity index (χ4v) is 2.30. The highest BCUT2D eigenvalue weighted by Gasteiger charge is 2.34. The Hall–Kier alpha value is -2.07. The predicted octanol–water partition coefficient (Wildman–Crippen LogP) is 2.00. The Balaban J connectivity index is 2.41. The molecule has 0 aliphatic carbocycles. The molecule has 0 aliphatic rings. The average molecular weight is 405 g/mol. The number of hydrogen-bond donors (Lipinski definition) is 2. The van der Waals surface area contributed by atoms with E-state index in [1.165, 1.54) is 12.3 Å². The zero-order valence-electron chi connectivity index (χ0n) is 16.7. The zero-order valence-corrected chi connectivity index (χ0v) is 16.7. The second kappa shape index (κ2) is 13.2. The van der Waals surface area contributed by atoms with Crippen LogP contribution in [0.25, 0.3) is 0 Å². The molecular formula is C18H30F3N5O2. The van der Waals surface area contributed by atoms with Crippen molar-refractivity contribution in [1.82, 2.24) is 20.5 Å². The van der Waals surface area contributed by atoms with Gasteiger partial charge in [-0.15, -0.1) is 0 Å². The Morgan fingerprint density at radius 1 is 1.25 bits per heavy atom. The third kappa shape index (κ3) is 9.75. The number of methoxy groups -OCH3 is 1. The van der Waals surface area contributed by atoms with Gasteiger partial charge in [0.2, 0.25) is 5.88 Å². The van der Waals surface area contributed by atoms with Crippen LogP contribution in [0.5, 0.6) is 5.88 Å². The third-order valence-electron chi connectivity index (χ3n) is 3.69. The number of ether oxygens (including phenoxy) is 2. The molecular weight excluding hydrogens is 375 g/mol. The largest absolute Gasteiger partial charge is 0.475 e. The summed E-state index contributed by atoms with van der Waals surface area (Å²) in [6, 6.07) is 2.18. The number of hydrogen-bond acceptors (Lipinski definition) is 5. The first-order valence-electron chi connectivity index (χ1n) is 9.23. The van der Waals surface area contributed by atoms with Crippen molar-refractivity contribution in [2.75, 3.05) is 60.1 Å². The number of nitrogens with one attached hydrogen (secondary N) is 2. The maximum absolute atomic E-state index is 12.9. The summed E-state index contributed by atoms with van der Waals surface area (Å²) in [5.41, 5.74) is -0.882. The maximum atomic E-state index is 12.9. The molecule has 0 aliphatic heterocycles. The Morgan fingerprint density at radius 2 is 2.04 bits per heavy atom. The van der Waals surface area contributed by atoms with Crippen molar-refractivity contribution in [2.45, 2.75) is 19.5 Å². The van der Waals surface area contributed by atoms with E-state index in [-0.39, 0.29) is 6.61 Å². The predicted molar refractivity (Wildman–Crippen MR) is 103 cm³/mol. The number of aliphatic imine (C=N–C) groups is 1. The Morgan fingerprint density at radius 3 is 2.71 bits per heavy atom. The zero-order chi connectivity index (χ0) is 20.8. The minimum Gasteiger partial charge on any atom is -0.475 e. The van der Waals surface area contributed by atoms with Crippen molar-refractivity contribution in [3.63, 3.8) is 0 Å². The number of pyridine rings is 1. The van der Waals surface area contributed by atoms with E-state index in [0.29, 0.717) is 25.6 Å². The lowest BCUT2D eigenvalue weighted by molar-refractivity contribution is -0.139. The Bertz CT molecular complexity index is 585. The Labute approximate surface area is 164 Å². The monoisotopic (exact) mass is 405 g/mol. The van der Waals surface area contributed by atoms with Gasteiger partial charge in [-0.05, 0) is 32.5 Å². The van der Waals surface area contributed by atoms with Gasteiger partial charge in [0.05, 0.1) is 13.1 Å². The van der Waals surface area contributed by atoms with E-state index in [1.807, 2.05) is 14.0 Å². The van der Waals surface area contributed by atoms with Gasteiger partial charge in [0.1, 0.15) is 12.2 Å². The van der Waals surface area contributed by atoms with Crippen LogP contribution in [0.3, 0.4) is 0 Å². The summed E-state index contributed by atoms with van der Waals surface area (Å²) in [7, 11) is 3.70. The van der Waals surface area contributed by atoms with Crippen LogP contribution in [0.2, 0.25) is 0 Å². The molecule has 2 N–H and O–H groups in total. The van der Waals surface area contributed by atoms with E-state index in [4.69, 9.17) is 9.47 Å². The highest BCUT2D eigenvalue weighted by molar-refractivity contribution is 5.79. The summed E-state index contributed by atoms with van der Waals surface area (Å²) >= 11 is 0. The number of likely N-dealkylation sites (N-methyl/N-ethyl adjacent to an activating group) is 1. The minimum absolute atomic E-state index is 0.0292. The summed E-state index contributed by atoms with van der Waals surface area (Å²) in [5, 5.41) is 6.13. The number of rotatable bonds is 12. The van der Waals surface area contributed by atoms with Crippen molar-refractivity contribution in [3.05, 3.63) is 23.9 Å². The SMILES string of the molecule is CCNC(=NCCN(C)CCCOC)NCCOc1ncccc1C(F)(F)F. The van der Waals surface area contributed by atoms with Crippen molar-refractivity contribution in [1.29, 1.82) is 0 Å². The standard InChI is InChI=1S/C18H30F3N5O2/c1-4-22-17(24-9-12-26(2)11-6-13-27-3)25-10-14-28-16-15(18(19,20)21)7-5-8-23-16/h5,7-8H,4,6,9-14H2,1-3H3,(H2,22,24,25). The van der Waals surface area contributed by atoms with Crippen LogP contribution in [-0.2, 0) is 10.9 Å². The summed E-state index contributed by atoms with van der Waals surface area (Å²) in [6.07, 6.45) is -2.27. The van der Waals surface area contributed by atoms with Crippen molar-refractivity contribution in [3.8, 4) is 5.88 Å². The molecule has 0 amide bonds. The molecule has 10 heteroatoms. The van der Waals surface area contributed by atoms with Gasteiger partial charge in [-0.2, -0.15) is 13.2 Å². The van der Waals surface area contributed by atoms with Gasteiger partial charge in [-0.3, -0.25) is 4.99 Å². The second-order valence-electron chi connectivity index (χ2n) is 6.04.